The molecule has 0 unspecified atom stereocenters. The predicted octanol–water partition coefficient (Wildman–Crippen LogP) is 4.72. The Hall–Kier alpha value is -3.51. The number of ether oxygens (including phenoxy) is 1. The minimum Gasteiger partial charge on any atom is -0.497 e. The first-order valence-electron chi connectivity index (χ1n) is 8.95. The molecule has 0 saturated heterocycles. The van der Waals surface area contributed by atoms with E-state index in [0.717, 1.165) is 5.56 Å². The fraction of sp³-hybridized carbons (Fsp3) is 0.0909. The molecular weight excluding hydrogens is 390 g/mol. The summed E-state index contributed by atoms with van der Waals surface area (Å²) in [5.74, 6) is 1.08. The maximum absolute atomic E-state index is 12.9. The van der Waals surface area contributed by atoms with E-state index in [4.69, 9.17) is 20.8 Å². The molecule has 2 aromatic heterocycles. The van der Waals surface area contributed by atoms with Crippen molar-refractivity contribution in [2.75, 3.05) is 7.11 Å². The van der Waals surface area contributed by atoms with Crippen LogP contribution in [0.3, 0.4) is 0 Å². The number of halogens is 1. The van der Waals surface area contributed by atoms with Crippen LogP contribution in [0.1, 0.15) is 16.2 Å². The van der Waals surface area contributed by atoms with Crippen molar-refractivity contribution >= 4 is 17.5 Å². The molecule has 4 aromatic rings. The molecule has 0 fully saturated rings. The van der Waals surface area contributed by atoms with Crippen LogP contribution in [-0.2, 0) is 6.54 Å². The van der Waals surface area contributed by atoms with Gasteiger partial charge >= 0.3 is 0 Å². The molecule has 0 atom stereocenters. The molecule has 0 aliphatic carbocycles. The second-order valence-electron chi connectivity index (χ2n) is 6.27. The van der Waals surface area contributed by atoms with Gasteiger partial charge in [-0.3, -0.25) is 4.79 Å². The Morgan fingerprint density at radius 1 is 1.14 bits per heavy atom. The zero-order valence-corrected chi connectivity index (χ0v) is 16.4. The fourth-order valence-electron chi connectivity index (χ4n) is 2.94. The zero-order valence-electron chi connectivity index (χ0n) is 15.6. The minimum absolute atomic E-state index is 0.272. The predicted molar refractivity (Wildman–Crippen MR) is 110 cm³/mol. The molecule has 4 rings (SSSR count). The van der Waals surface area contributed by atoms with E-state index in [2.05, 4.69) is 10.4 Å². The standard InChI is InChI=1S/C22H18ClN3O3/c1-28-16-7-4-6-15(12-16)19-13-21(22(27)24-14-17-8-5-11-29-17)26(25-19)20-10-3-2-9-18(20)23/h2-13H,14H2,1H3,(H,24,27). The van der Waals surface area contributed by atoms with Gasteiger partial charge in [-0.05, 0) is 42.5 Å². The SMILES string of the molecule is COc1cccc(-c2cc(C(=O)NCc3ccco3)n(-c3ccccc3Cl)n2)c1. The van der Waals surface area contributed by atoms with E-state index in [-0.39, 0.29) is 12.5 Å². The van der Waals surface area contributed by atoms with E-state index in [1.165, 1.54) is 0 Å². The van der Waals surface area contributed by atoms with E-state index in [1.54, 1.807) is 42.3 Å². The summed E-state index contributed by atoms with van der Waals surface area (Å²) in [5, 5.41) is 8.00. The van der Waals surface area contributed by atoms with Gasteiger partial charge in [0.1, 0.15) is 17.2 Å². The fourth-order valence-corrected chi connectivity index (χ4v) is 3.16. The van der Waals surface area contributed by atoms with Gasteiger partial charge in [0.15, 0.2) is 0 Å². The highest BCUT2D eigenvalue weighted by molar-refractivity contribution is 6.32. The molecular formula is C22H18ClN3O3. The summed E-state index contributed by atoms with van der Waals surface area (Å²) in [6.45, 7) is 0.272. The van der Waals surface area contributed by atoms with Crippen LogP contribution in [0.2, 0.25) is 5.02 Å². The average molecular weight is 408 g/mol. The maximum atomic E-state index is 12.9. The number of rotatable bonds is 6. The number of hydrogen-bond acceptors (Lipinski definition) is 4. The summed E-state index contributed by atoms with van der Waals surface area (Å²) < 4.78 is 12.1. The van der Waals surface area contributed by atoms with Crippen molar-refractivity contribution in [3.63, 3.8) is 0 Å². The number of para-hydroxylation sites is 1. The van der Waals surface area contributed by atoms with E-state index in [9.17, 15) is 4.79 Å². The number of carbonyl (C=O) groups excluding carboxylic acids is 1. The highest BCUT2D eigenvalue weighted by Gasteiger charge is 2.19. The third-order valence-electron chi connectivity index (χ3n) is 4.39. The molecule has 0 aliphatic rings. The van der Waals surface area contributed by atoms with Crippen molar-refractivity contribution in [2.24, 2.45) is 0 Å². The molecule has 0 spiro atoms. The zero-order chi connectivity index (χ0) is 20.2. The Bertz CT molecular complexity index is 1140. The lowest BCUT2D eigenvalue weighted by Crippen LogP contribution is -2.25. The lowest BCUT2D eigenvalue weighted by molar-refractivity contribution is 0.0940. The molecule has 1 amide bonds. The highest BCUT2D eigenvalue weighted by atomic mass is 35.5. The van der Waals surface area contributed by atoms with Gasteiger partial charge in [-0.1, -0.05) is 35.9 Å². The molecule has 146 valence electrons. The number of nitrogens with one attached hydrogen (secondary N) is 1. The monoisotopic (exact) mass is 407 g/mol. The van der Waals surface area contributed by atoms with Gasteiger partial charge in [-0.25, -0.2) is 4.68 Å². The number of furan rings is 1. The maximum Gasteiger partial charge on any atom is 0.270 e. The van der Waals surface area contributed by atoms with Crippen molar-refractivity contribution in [3.8, 4) is 22.7 Å². The summed E-state index contributed by atoms with van der Waals surface area (Å²) in [6.07, 6.45) is 1.57. The highest BCUT2D eigenvalue weighted by Crippen LogP contribution is 2.27. The third-order valence-corrected chi connectivity index (χ3v) is 4.71. The lowest BCUT2D eigenvalue weighted by atomic mass is 10.1. The third kappa shape index (κ3) is 4.02. The summed E-state index contributed by atoms with van der Waals surface area (Å²) in [4.78, 5) is 12.9. The first-order valence-corrected chi connectivity index (χ1v) is 9.33. The van der Waals surface area contributed by atoms with Crippen molar-refractivity contribution < 1.29 is 13.9 Å². The van der Waals surface area contributed by atoms with Crippen molar-refractivity contribution in [2.45, 2.75) is 6.54 Å². The molecule has 6 nitrogen and oxygen atoms in total. The first kappa shape index (κ1) is 18.8. The van der Waals surface area contributed by atoms with Crippen molar-refractivity contribution in [1.29, 1.82) is 0 Å². The van der Waals surface area contributed by atoms with Crippen LogP contribution in [0.4, 0.5) is 0 Å². The number of carbonyl (C=O) groups is 1. The van der Waals surface area contributed by atoms with Crippen LogP contribution in [0.5, 0.6) is 5.75 Å². The molecule has 2 aromatic carbocycles. The smallest absolute Gasteiger partial charge is 0.270 e. The number of benzene rings is 2. The van der Waals surface area contributed by atoms with E-state index < -0.39 is 0 Å². The van der Waals surface area contributed by atoms with Crippen LogP contribution < -0.4 is 10.1 Å². The minimum atomic E-state index is -0.289. The summed E-state index contributed by atoms with van der Waals surface area (Å²) >= 11 is 6.37. The number of methoxy groups -OCH3 is 1. The lowest BCUT2D eigenvalue weighted by Gasteiger charge is -2.09. The molecule has 29 heavy (non-hydrogen) atoms. The van der Waals surface area contributed by atoms with Crippen LogP contribution in [-0.4, -0.2) is 22.8 Å². The number of amides is 1. The van der Waals surface area contributed by atoms with Gasteiger partial charge in [0, 0.05) is 5.56 Å². The quantitative estimate of drug-likeness (QED) is 0.502. The molecule has 0 bridgehead atoms. The van der Waals surface area contributed by atoms with Crippen LogP contribution in [0.25, 0.3) is 16.9 Å². The molecule has 0 aliphatic heterocycles. The molecule has 0 radical (unpaired) electrons. The molecule has 2 heterocycles. The van der Waals surface area contributed by atoms with Crippen LogP contribution >= 0.6 is 11.6 Å². The largest absolute Gasteiger partial charge is 0.497 e. The normalized spacial score (nSPS) is 10.7. The van der Waals surface area contributed by atoms with Gasteiger partial charge < -0.3 is 14.5 Å². The Morgan fingerprint density at radius 3 is 2.76 bits per heavy atom. The Balaban J connectivity index is 1.74. The number of aromatic nitrogens is 2. The van der Waals surface area contributed by atoms with Crippen molar-refractivity contribution in [1.82, 2.24) is 15.1 Å². The number of nitrogens with zero attached hydrogens (tertiary/aromatic N) is 2. The second-order valence-corrected chi connectivity index (χ2v) is 6.68. The van der Waals surface area contributed by atoms with Gasteiger partial charge in [0.25, 0.3) is 5.91 Å². The first-order chi connectivity index (χ1) is 14.2. The molecule has 1 N–H and O–H groups in total. The van der Waals surface area contributed by atoms with Crippen LogP contribution in [0.15, 0.2) is 77.4 Å². The molecule has 7 heteroatoms. The van der Waals surface area contributed by atoms with E-state index in [0.29, 0.717) is 33.6 Å². The van der Waals surface area contributed by atoms with Gasteiger partial charge in [0.2, 0.25) is 0 Å². The second kappa shape index (κ2) is 8.24. The Labute approximate surface area is 172 Å². The number of hydrogen-bond donors (Lipinski definition) is 1. The Kier molecular flexibility index (Phi) is 5.35. The molecule has 0 saturated carbocycles. The average Bonchev–Trinajstić information content (AvgIpc) is 3.42. The van der Waals surface area contributed by atoms with Crippen LogP contribution in [0, 0.1) is 0 Å². The Morgan fingerprint density at radius 2 is 2.00 bits per heavy atom. The van der Waals surface area contributed by atoms with Gasteiger partial charge in [-0.2, -0.15) is 5.10 Å². The van der Waals surface area contributed by atoms with E-state index in [1.807, 2.05) is 42.5 Å². The topological polar surface area (TPSA) is 69.3 Å². The van der Waals surface area contributed by atoms with Gasteiger partial charge in [0.05, 0.1) is 36.3 Å². The van der Waals surface area contributed by atoms with Crippen molar-refractivity contribution in [3.05, 3.63) is 89.5 Å². The summed E-state index contributed by atoms with van der Waals surface area (Å²) in [5.41, 5.74) is 2.44. The summed E-state index contributed by atoms with van der Waals surface area (Å²) in [7, 11) is 1.61. The summed E-state index contributed by atoms with van der Waals surface area (Å²) in [6, 6.07) is 20.1. The van der Waals surface area contributed by atoms with Gasteiger partial charge in [-0.15, -0.1) is 0 Å². The van der Waals surface area contributed by atoms with E-state index >= 15 is 0 Å².